The van der Waals surface area contributed by atoms with Crippen LogP contribution in [0.5, 0.6) is 17.4 Å². The molecular weight excluding hydrogens is 365 g/mol. The Bertz CT molecular complexity index is 811. The maximum absolute atomic E-state index is 12.3. The van der Waals surface area contributed by atoms with Crippen molar-refractivity contribution >= 4 is 5.91 Å². The molecule has 27 heavy (non-hydrogen) atoms. The van der Waals surface area contributed by atoms with E-state index in [-0.39, 0.29) is 18.0 Å². The summed E-state index contributed by atoms with van der Waals surface area (Å²) in [6.45, 7) is -0.241. The molecule has 1 amide bonds. The van der Waals surface area contributed by atoms with Gasteiger partial charge in [0.1, 0.15) is 18.8 Å². The number of ether oxygens (including phenoxy) is 3. The van der Waals surface area contributed by atoms with Crippen molar-refractivity contribution in [3.63, 3.8) is 0 Å². The van der Waals surface area contributed by atoms with E-state index in [0.29, 0.717) is 31.1 Å². The first-order valence-electron chi connectivity index (χ1n) is 8.24. The average molecular weight is 382 g/mol. The van der Waals surface area contributed by atoms with Crippen LogP contribution in [0.25, 0.3) is 0 Å². The lowest BCUT2D eigenvalue weighted by Crippen LogP contribution is -2.27. The fraction of sp³-hybridized carbons (Fsp3) is 0.333. The number of rotatable bonds is 6. The van der Waals surface area contributed by atoms with Crippen molar-refractivity contribution < 1.29 is 32.2 Å². The minimum absolute atomic E-state index is 0.0519. The van der Waals surface area contributed by atoms with Crippen LogP contribution in [0.1, 0.15) is 15.9 Å². The molecule has 0 aliphatic carbocycles. The maximum atomic E-state index is 12.3. The van der Waals surface area contributed by atoms with E-state index < -0.39 is 18.7 Å². The predicted molar refractivity (Wildman–Crippen MR) is 89.3 cm³/mol. The quantitative estimate of drug-likeness (QED) is 0.832. The number of carbonyl (C=O) groups is 1. The standard InChI is InChI=1S/C18H17F3N2O4/c19-18(20,21)11-27-17-13(2-1-6-23-17)16(24)22-7-5-12-3-4-14-15(10-12)26-9-8-25-14/h1-4,6,10H,5,7-9,11H2,(H,22,24). The Balaban J connectivity index is 1.57. The zero-order chi connectivity index (χ0) is 19.3. The Kier molecular flexibility index (Phi) is 5.68. The van der Waals surface area contributed by atoms with Crippen LogP contribution in [0.15, 0.2) is 36.5 Å². The molecule has 0 atom stereocenters. The van der Waals surface area contributed by atoms with Crippen LogP contribution in [0.3, 0.4) is 0 Å². The number of nitrogens with zero attached hydrogens (tertiary/aromatic N) is 1. The number of benzene rings is 1. The van der Waals surface area contributed by atoms with Crippen LogP contribution >= 0.6 is 0 Å². The third-order valence-electron chi connectivity index (χ3n) is 3.69. The molecule has 0 unspecified atom stereocenters. The molecule has 0 radical (unpaired) electrons. The Morgan fingerprint density at radius 2 is 1.96 bits per heavy atom. The molecule has 0 bridgehead atoms. The highest BCUT2D eigenvalue weighted by atomic mass is 19.4. The van der Waals surface area contributed by atoms with Gasteiger partial charge in [0.2, 0.25) is 5.88 Å². The molecule has 1 aromatic carbocycles. The van der Waals surface area contributed by atoms with Gasteiger partial charge in [-0.05, 0) is 36.2 Å². The number of halogens is 3. The van der Waals surface area contributed by atoms with Crippen molar-refractivity contribution in [1.29, 1.82) is 0 Å². The van der Waals surface area contributed by atoms with E-state index in [0.717, 1.165) is 5.56 Å². The van der Waals surface area contributed by atoms with Crippen LogP contribution in [0, 0.1) is 0 Å². The molecule has 0 spiro atoms. The van der Waals surface area contributed by atoms with Crippen LogP contribution in [0.2, 0.25) is 0 Å². The fourth-order valence-electron chi connectivity index (χ4n) is 2.49. The van der Waals surface area contributed by atoms with Crippen molar-refractivity contribution in [2.24, 2.45) is 0 Å². The van der Waals surface area contributed by atoms with Crippen molar-refractivity contribution in [2.45, 2.75) is 12.6 Å². The zero-order valence-electron chi connectivity index (χ0n) is 14.2. The molecule has 1 aliphatic heterocycles. The largest absolute Gasteiger partial charge is 0.486 e. The Morgan fingerprint density at radius 1 is 1.19 bits per heavy atom. The lowest BCUT2D eigenvalue weighted by Gasteiger charge is -2.19. The molecule has 0 fully saturated rings. The molecule has 3 rings (SSSR count). The van der Waals surface area contributed by atoms with Gasteiger partial charge in [-0.3, -0.25) is 4.79 Å². The van der Waals surface area contributed by atoms with Gasteiger partial charge in [-0.1, -0.05) is 6.07 Å². The van der Waals surface area contributed by atoms with Crippen LogP contribution in [-0.4, -0.2) is 43.4 Å². The monoisotopic (exact) mass is 382 g/mol. The molecule has 2 heterocycles. The van der Waals surface area contributed by atoms with Gasteiger partial charge >= 0.3 is 6.18 Å². The van der Waals surface area contributed by atoms with Crippen molar-refractivity contribution in [3.8, 4) is 17.4 Å². The van der Waals surface area contributed by atoms with E-state index >= 15 is 0 Å². The second-order valence-corrected chi connectivity index (χ2v) is 5.74. The van der Waals surface area contributed by atoms with Gasteiger partial charge in [0.05, 0.1) is 0 Å². The minimum atomic E-state index is -4.51. The molecule has 1 aliphatic rings. The van der Waals surface area contributed by atoms with E-state index in [4.69, 9.17) is 9.47 Å². The summed E-state index contributed by atoms with van der Waals surface area (Å²) in [6.07, 6.45) is -2.73. The van der Waals surface area contributed by atoms with E-state index in [1.165, 1.54) is 18.3 Å². The number of aromatic nitrogens is 1. The van der Waals surface area contributed by atoms with E-state index in [1.54, 1.807) is 6.07 Å². The SMILES string of the molecule is O=C(NCCc1ccc2c(c1)OCCO2)c1cccnc1OCC(F)(F)F. The lowest BCUT2D eigenvalue weighted by molar-refractivity contribution is -0.154. The van der Waals surface area contributed by atoms with Gasteiger partial charge in [-0.25, -0.2) is 4.98 Å². The Hall–Kier alpha value is -2.97. The molecule has 6 nitrogen and oxygen atoms in total. The van der Waals surface area contributed by atoms with E-state index in [2.05, 4.69) is 15.0 Å². The molecule has 9 heteroatoms. The summed E-state index contributed by atoms with van der Waals surface area (Å²) >= 11 is 0. The highest BCUT2D eigenvalue weighted by Crippen LogP contribution is 2.30. The molecule has 0 saturated heterocycles. The minimum Gasteiger partial charge on any atom is -0.486 e. The topological polar surface area (TPSA) is 69.7 Å². The molecule has 144 valence electrons. The summed E-state index contributed by atoms with van der Waals surface area (Å²) in [5, 5.41) is 2.65. The maximum Gasteiger partial charge on any atom is 0.422 e. The number of alkyl halides is 3. The van der Waals surface area contributed by atoms with Gasteiger partial charge in [-0.15, -0.1) is 0 Å². The number of hydrogen-bond acceptors (Lipinski definition) is 5. The number of fused-ring (bicyclic) bond motifs is 1. The smallest absolute Gasteiger partial charge is 0.422 e. The average Bonchev–Trinajstić information content (AvgIpc) is 2.66. The number of nitrogens with one attached hydrogen (secondary N) is 1. The third kappa shape index (κ3) is 5.25. The second-order valence-electron chi connectivity index (χ2n) is 5.74. The number of amides is 1. The Morgan fingerprint density at radius 3 is 2.74 bits per heavy atom. The van der Waals surface area contributed by atoms with Crippen molar-refractivity contribution in [3.05, 3.63) is 47.7 Å². The van der Waals surface area contributed by atoms with Gasteiger partial charge in [0, 0.05) is 12.7 Å². The number of pyridine rings is 1. The van der Waals surface area contributed by atoms with Gasteiger partial charge < -0.3 is 19.5 Å². The summed E-state index contributed by atoms with van der Waals surface area (Å²) < 4.78 is 52.5. The van der Waals surface area contributed by atoms with Gasteiger partial charge in [0.25, 0.3) is 5.91 Å². The third-order valence-corrected chi connectivity index (χ3v) is 3.69. The normalized spacial score (nSPS) is 13.1. The lowest BCUT2D eigenvalue weighted by atomic mass is 10.1. The zero-order valence-corrected chi connectivity index (χ0v) is 14.2. The summed E-state index contributed by atoms with van der Waals surface area (Å²) in [5.74, 6) is 0.417. The second kappa shape index (κ2) is 8.15. The summed E-state index contributed by atoms with van der Waals surface area (Å²) in [5.41, 5.74) is 0.878. The molecule has 1 N–H and O–H groups in total. The summed E-state index contributed by atoms with van der Waals surface area (Å²) in [6, 6.07) is 8.31. The highest BCUT2D eigenvalue weighted by molar-refractivity contribution is 5.96. The van der Waals surface area contributed by atoms with Crippen molar-refractivity contribution in [2.75, 3.05) is 26.4 Å². The van der Waals surface area contributed by atoms with Crippen LogP contribution in [0.4, 0.5) is 13.2 Å². The van der Waals surface area contributed by atoms with E-state index in [1.807, 2.05) is 12.1 Å². The first kappa shape index (κ1) is 18.8. The molecule has 2 aromatic rings. The molecule has 0 saturated carbocycles. The fourth-order valence-corrected chi connectivity index (χ4v) is 2.49. The first-order chi connectivity index (χ1) is 12.9. The number of hydrogen-bond donors (Lipinski definition) is 1. The van der Waals surface area contributed by atoms with Crippen LogP contribution < -0.4 is 19.5 Å². The summed E-state index contributed by atoms with van der Waals surface area (Å²) in [7, 11) is 0. The highest BCUT2D eigenvalue weighted by Gasteiger charge is 2.29. The first-order valence-corrected chi connectivity index (χ1v) is 8.24. The number of carbonyl (C=O) groups excluding carboxylic acids is 1. The summed E-state index contributed by atoms with van der Waals surface area (Å²) in [4.78, 5) is 16.0. The molecular formula is C18H17F3N2O4. The van der Waals surface area contributed by atoms with Crippen LogP contribution in [-0.2, 0) is 6.42 Å². The van der Waals surface area contributed by atoms with Gasteiger partial charge in [0.15, 0.2) is 18.1 Å². The van der Waals surface area contributed by atoms with Crippen molar-refractivity contribution in [1.82, 2.24) is 10.3 Å². The molecule has 1 aromatic heterocycles. The van der Waals surface area contributed by atoms with E-state index in [9.17, 15) is 18.0 Å². The Labute approximate surface area is 153 Å². The predicted octanol–water partition coefficient (Wildman–Crippen LogP) is 2.77. The van der Waals surface area contributed by atoms with Gasteiger partial charge in [-0.2, -0.15) is 13.2 Å².